The van der Waals surface area contributed by atoms with Gasteiger partial charge in [-0.05, 0) is 20.3 Å². The molecule has 1 saturated heterocycles. The molecule has 3 rings (SSSR count). The highest BCUT2D eigenvalue weighted by Gasteiger charge is 2.33. The van der Waals surface area contributed by atoms with Crippen molar-refractivity contribution in [2.24, 2.45) is 0 Å². The normalized spacial score (nSPS) is 15.6. The molecule has 1 aromatic carbocycles. The molecule has 8 nitrogen and oxygen atoms in total. The second-order valence-electron chi connectivity index (χ2n) is 8.75. The number of unbranched alkanes of at least 4 members (excludes halogenated alkanes) is 2. The van der Waals surface area contributed by atoms with Crippen molar-refractivity contribution >= 4 is 17.8 Å². The Morgan fingerprint density at radius 2 is 1.89 bits per heavy atom. The lowest BCUT2D eigenvalue weighted by molar-refractivity contribution is -0.135. The minimum absolute atomic E-state index is 0.0142. The van der Waals surface area contributed by atoms with E-state index in [4.69, 9.17) is 4.74 Å². The van der Waals surface area contributed by atoms with E-state index in [2.05, 4.69) is 23.5 Å². The summed E-state index contributed by atoms with van der Waals surface area (Å²) in [5.74, 6) is -0.549. The Bertz CT molecular complexity index is 1070. The minimum atomic E-state index is -0.664. The molecule has 1 aliphatic heterocycles. The van der Waals surface area contributed by atoms with E-state index in [1.165, 1.54) is 6.08 Å². The summed E-state index contributed by atoms with van der Waals surface area (Å²) in [6, 6.07) is 9.18. The molecule has 2 amide bonds. The number of nitrogens with zero attached hydrogens (tertiary/aromatic N) is 4. The molecule has 1 fully saturated rings. The zero-order valence-corrected chi connectivity index (χ0v) is 20.8. The average Bonchev–Trinajstić information content (AvgIpc) is 2.86. The van der Waals surface area contributed by atoms with Crippen molar-refractivity contribution in [2.75, 3.05) is 26.2 Å². The highest BCUT2D eigenvalue weighted by molar-refractivity contribution is 6.05. The minimum Gasteiger partial charge on any atom is -0.458 e. The van der Waals surface area contributed by atoms with Crippen LogP contribution in [-0.2, 0) is 9.53 Å². The van der Waals surface area contributed by atoms with Crippen molar-refractivity contribution in [2.45, 2.75) is 52.5 Å². The molecule has 1 atom stereocenters. The SMILES string of the molecule is C=CCOC(=O)c1c(C)nc(-c2ccccc2)nc1C(=O)N1CCN(C(=O)CCCCC)C(C)C1. The average molecular weight is 479 g/mol. The molecule has 2 aromatic rings. The van der Waals surface area contributed by atoms with Gasteiger partial charge in [-0.2, -0.15) is 0 Å². The maximum absolute atomic E-state index is 13.7. The number of ether oxygens (including phenoxy) is 1. The van der Waals surface area contributed by atoms with Crippen LogP contribution in [0.1, 0.15) is 66.1 Å². The van der Waals surface area contributed by atoms with E-state index in [9.17, 15) is 14.4 Å². The van der Waals surface area contributed by atoms with Crippen molar-refractivity contribution < 1.29 is 19.1 Å². The molecule has 0 N–H and O–H groups in total. The van der Waals surface area contributed by atoms with Crippen LogP contribution in [-0.4, -0.2) is 69.8 Å². The molecule has 0 radical (unpaired) electrons. The number of amides is 2. The lowest BCUT2D eigenvalue weighted by atomic mass is 10.1. The molecule has 186 valence electrons. The molecule has 35 heavy (non-hydrogen) atoms. The van der Waals surface area contributed by atoms with Crippen LogP contribution in [0.3, 0.4) is 0 Å². The van der Waals surface area contributed by atoms with Gasteiger partial charge in [-0.25, -0.2) is 14.8 Å². The van der Waals surface area contributed by atoms with Crippen LogP contribution in [0, 0.1) is 6.92 Å². The predicted octanol–water partition coefficient (Wildman–Crippen LogP) is 4.05. The molecule has 1 unspecified atom stereocenters. The van der Waals surface area contributed by atoms with E-state index in [1.807, 2.05) is 42.2 Å². The van der Waals surface area contributed by atoms with E-state index < -0.39 is 5.97 Å². The van der Waals surface area contributed by atoms with Gasteiger partial charge in [-0.15, -0.1) is 0 Å². The Kier molecular flexibility index (Phi) is 9.11. The van der Waals surface area contributed by atoms with Crippen LogP contribution in [0.2, 0.25) is 0 Å². The van der Waals surface area contributed by atoms with E-state index in [1.54, 1.807) is 11.8 Å². The number of benzene rings is 1. The summed E-state index contributed by atoms with van der Waals surface area (Å²) >= 11 is 0. The monoisotopic (exact) mass is 478 g/mol. The maximum atomic E-state index is 13.7. The van der Waals surface area contributed by atoms with E-state index in [0.717, 1.165) is 24.8 Å². The van der Waals surface area contributed by atoms with E-state index in [-0.39, 0.29) is 35.7 Å². The van der Waals surface area contributed by atoms with Gasteiger partial charge in [0.15, 0.2) is 5.82 Å². The number of carbonyl (C=O) groups is 3. The molecular formula is C27H34N4O4. The second-order valence-corrected chi connectivity index (χ2v) is 8.75. The fraction of sp³-hybridized carbons (Fsp3) is 0.444. The van der Waals surface area contributed by atoms with Crippen LogP contribution in [0.5, 0.6) is 0 Å². The van der Waals surface area contributed by atoms with Crippen molar-refractivity contribution in [1.82, 2.24) is 19.8 Å². The summed E-state index contributed by atoms with van der Waals surface area (Å²) < 4.78 is 5.24. The van der Waals surface area contributed by atoms with Crippen LogP contribution in [0.15, 0.2) is 43.0 Å². The summed E-state index contributed by atoms with van der Waals surface area (Å²) in [6.07, 6.45) is 4.95. The Morgan fingerprint density at radius 3 is 2.54 bits per heavy atom. The van der Waals surface area contributed by atoms with Gasteiger partial charge >= 0.3 is 5.97 Å². The molecule has 0 aliphatic carbocycles. The number of rotatable bonds is 9. The first-order chi connectivity index (χ1) is 16.9. The maximum Gasteiger partial charge on any atom is 0.342 e. The number of aryl methyl sites for hydroxylation is 1. The van der Waals surface area contributed by atoms with Crippen LogP contribution < -0.4 is 0 Å². The van der Waals surface area contributed by atoms with Gasteiger partial charge in [0.1, 0.15) is 17.9 Å². The number of hydrogen-bond acceptors (Lipinski definition) is 6. The molecular weight excluding hydrogens is 444 g/mol. The second kappa shape index (κ2) is 12.2. The quantitative estimate of drug-likeness (QED) is 0.307. The van der Waals surface area contributed by atoms with Gasteiger partial charge in [0.05, 0.1) is 5.69 Å². The van der Waals surface area contributed by atoms with Crippen molar-refractivity contribution in [3.63, 3.8) is 0 Å². The molecule has 8 heteroatoms. The molecule has 0 saturated carbocycles. The summed E-state index contributed by atoms with van der Waals surface area (Å²) in [6.45, 7) is 10.5. The van der Waals surface area contributed by atoms with Gasteiger partial charge in [0.25, 0.3) is 5.91 Å². The molecule has 2 heterocycles. The third-order valence-electron chi connectivity index (χ3n) is 6.09. The smallest absolute Gasteiger partial charge is 0.342 e. The summed E-state index contributed by atoms with van der Waals surface area (Å²) in [5, 5.41) is 0. The van der Waals surface area contributed by atoms with Gasteiger partial charge in [0, 0.05) is 37.7 Å². The molecule has 1 aliphatic rings. The van der Waals surface area contributed by atoms with Crippen molar-refractivity contribution in [3.8, 4) is 11.4 Å². The lowest BCUT2D eigenvalue weighted by Crippen LogP contribution is -2.55. The summed E-state index contributed by atoms with van der Waals surface area (Å²) in [7, 11) is 0. The summed E-state index contributed by atoms with van der Waals surface area (Å²) in [4.78, 5) is 51.7. The Labute approximate surface area is 207 Å². The third kappa shape index (κ3) is 6.32. The topological polar surface area (TPSA) is 92.7 Å². The number of aromatic nitrogens is 2. The van der Waals surface area contributed by atoms with E-state index >= 15 is 0 Å². The first-order valence-electron chi connectivity index (χ1n) is 12.2. The number of carbonyl (C=O) groups excluding carboxylic acids is 3. The Morgan fingerprint density at radius 1 is 1.14 bits per heavy atom. The highest BCUT2D eigenvalue weighted by Crippen LogP contribution is 2.23. The number of esters is 1. The van der Waals surface area contributed by atoms with Gasteiger partial charge in [-0.3, -0.25) is 9.59 Å². The number of hydrogen-bond donors (Lipinski definition) is 0. The van der Waals surface area contributed by atoms with E-state index in [0.29, 0.717) is 37.6 Å². The first-order valence-corrected chi connectivity index (χ1v) is 12.2. The van der Waals surface area contributed by atoms with Crippen LogP contribution in [0.4, 0.5) is 0 Å². The van der Waals surface area contributed by atoms with Crippen molar-refractivity contribution in [1.29, 1.82) is 0 Å². The summed E-state index contributed by atoms with van der Waals surface area (Å²) in [5.41, 5.74) is 1.18. The fourth-order valence-corrected chi connectivity index (χ4v) is 4.23. The fourth-order valence-electron chi connectivity index (χ4n) is 4.23. The Balaban J connectivity index is 1.88. The van der Waals surface area contributed by atoms with Crippen LogP contribution >= 0.6 is 0 Å². The number of piperazine rings is 1. The zero-order valence-electron chi connectivity index (χ0n) is 20.8. The predicted molar refractivity (Wildman–Crippen MR) is 134 cm³/mol. The molecule has 0 bridgehead atoms. The standard InChI is InChI=1S/C27H34N4O4/c1-5-7-9-14-22(32)31-16-15-30(18-19(31)3)26(33)24-23(27(34)35-17-6-2)20(4)28-25(29-24)21-12-10-8-11-13-21/h6,8,10-13,19H,2,5,7,9,14-18H2,1,3-4H3. The third-order valence-corrected chi connectivity index (χ3v) is 6.09. The van der Waals surface area contributed by atoms with Gasteiger partial charge in [-0.1, -0.05) is 62.8 Å². The highest BCUT2D eigenvalue weighted by atomic mass is 16.5. The lowest BCUT2D eigenvalue weighted by Gasteiger charge is -2.40. The van der Waals surface area contributed by atoms with Crippen LogP contribution in [0.25, 0.3) is 11.4 Å². The molecule has 0 spiro atoms. The Hall–Kier alpha value is -3.55. The van der Waals surface area contributed by atoms with Crippen molar-refractivity contribution in [3.05, 3.63) is 59.9 Å². The largest absolute Gasteiger partial charge is 0.458 e. The zero-order chi connectivity index (χ0) is 25.4. The van der Waals surface area contributed by atoms with Gasteiger partial charge in [0.2, 0.25) is 5.91 Å². The van der Waals surface area contributed by atoms with Gasteiger partial charge < -0.3 is 14.5 Å². The molecule has 1 aromatic heterocycles. The first kappa shape index (κ1) is 26.1.